The molecule has 0 aliphatic carbocycles. The monoisotopic (exact) mass is 434 g/mol. The van der Waals surface area contributed by atoms with Crippen molar-refractivity contribution in [1.29, 1.82) is 0 Å². The molecule has 0 aliphatic heterocycles. The van der Waals surface area contributed by atoms with E-state index in [1.165, 1.54) is 59.9 Å². The first-order valence-electron chi connectivity index (χ1n) is 8.94. The molecule has 0 fully saturated rings. The van der Waals surface area contributed by atoms with Crippen molar-refractivity contribution >= 4 is 58.7 Å². The van der Waals surface area contributed by atoms with E-state index in [9.17, 15) is 0 Å². The van der Waals surface area contributed by atoms with Gasteiger partial charge in [0.2, 0.25) is 0 Å². The van der Waals surface area contributed by atoms with Gasteiger partial charge in [0, 0.05) is 9.40 Å². The van der Waals surface area contributed by atoms with Gasteiger partial charge < -0.3 is 0 Å². The maximum atomic E-state index is 4.38. The quantitative estimate of drug-likeness (QED) is 0.237. The Morgan fingerprint density at radius 3 is 2.32 bits per heavy atom. The minimum Gasteiger partial charge on any atom is -0.150 e. The number of unbranched alkanes of at least 4 members (excludes halogenated alkanes) is 5. The summed E-state index contributed by atoms with van der Waals surface area (Å²) in [5, 5.41) is 9.72. The van der Waals surface area contributed by atoms with Gasteiger partial charge in [0.25, 0.3) is 0 Å². The van der Waals surface area contributed by atoms with Crippen molar-refractivity contribution in [3.63, 3.8) is 0 Å². The first kappa shape index (κ1) is 18.7. The zero-order valence-electron chi connectivity index (χ0n) is 14.5. The van der Waals surface area contributed by atoms with Crippen LogP contribution in [-0.2, 0) is 6.42 Å². The molecule has 0 saturated heterocycles. The Bertz CT molecular complexity index is 786. The van der Waals surface area contributed by atoms with Crippen molar-refractivity contribution in [1.82, 2.24) is 0 Å². The molecule has 0 N–H and O–H groups in total. The van der Waals surface area contributed by atoms with Crippen LogP contribution in [0, 0.1) is 0 Å². The lowest BCUT2D eigenvalue weighted by Crippen LogP contribution is -1.85. The van der Waals surface area contributed by atoms with Crippen molar-refractivity contribution in [3.05, 3.63) is 45.7 Å². The van der Waals surface area contributed by atoms with Crippen LogP contribution < -0.4 is 0 Å². The molecule has 2 heterocycles. The number of thiophene rings is 2. The van der Waals surface area contributed by atoms with E-state index in [1.807, 2.05) is 0 Å². The molecule has 3 aromatic rings. The molecule has 3 rings (SSSR count). The van der Waals surface area contributed by atoms with E-state index in [2.05, 4.69) is 69.5 Å². The van der Waals surface area contributed by atoms with E-state index in [-0.39, 0.29) is 0 Å². The van der Waals surface area contributed by atoms with Crippen molar-refractivity contribution in [3.8, 4) is 0 Å². The Kier molecular flexibility index (Phi) is 7.20. The first-order valence-corrected chi connectivity index (χ1v) is 11.4. The molecule has 0 unspecified atom stereocenters. The molecule has 1 aromatic carbocycles. The van der Waals surface area contributed by atoms with Crippen molar-refractivity contribution in [2.75, 3.05) is 0 Å². The predicted molar refractivity (Wildman–Crippen MR) is 115 cm³/mol. The molecule has 0 radical (unpaired) electrons. The van der Waals surface area contributed by atoms with Crippen molar-refractivity contribution in [2.24, 2.45) is 10.2 Å². The second kappa shape index (κ2) is 9.60. The molecule has 2 aromatic heterocycles. The van der Waals surface area contributed by atoms with E-state index >= 15 is 0 Å². The van der Waals surface area contributed by atoms with Crippen molar-refractivity contribution < 1.29 is 0 Å². The lowest BCUT2D eigenvalue weighted by molar-refractivity contribution is 0.607. The summed E-state index contributed by atoms with van der Waals surface area (Å²) in [7, 11) is 0. The highest BCUT2D eigenvalue weighted by molar-refractivity contribution is 9.11. The SMILES string of the molecule is CCCCCCCCc1ccc(N=Nc2cc3sc(Br)cc3s2)cc1. The zero-order valence-corrected chi connectivity index (χ0v) is 17.7. The Balaban J connectivity index is 1.49. The van der Waals surface area contributed by atoms with Crippen molar-refractivity contribution in [2.45, 2.75) is 51.9 Å². The van der Waals surface area contributed by atoms with Crippen LogP contribution >= 0.6 is 38.6 Å². The average Bonchev–Trinajstić information content (AvgIpc) is 3.14. The number of fused-ring (bicyclic) bond motifs is 1. The lowest BCUT2D eigenvalue weighted by Gasteiger charge is -2.02. The highest BCUT2D eigenvalue weighted by atomic mass is 79.9. The van der Waals surface area contributed by atoms with Gasteiger partial charge in [-0.2, -0.15) is 0 Å². The van der Waals surface area contributed by atoms with Gasteiger partial charge in [-0.05, 0) is 58.6 Å². The standard InChI is InChI=1S/C20H23BrN2S2/c1-2-3-4-5-6-7-8-15-9-11-16(12-10-15)22-23-20-14-18-17(25-20)13-19(21)24-18/h9-14H,2-8H2,1H3. The maximum absolute atomic E-state index is 4.38. The number of hydrogen-bond acceptors (Lipinski definition) is 4. The summed E-state index contributed by atoms with van der Waals surface area (Å²) in [4.78, 5) is 0. The van der Waals surface area contributed by atoms with E-state index in [0.29, 0.717) is 0 Å². The molecule has 0 bridgehead atoms. The molecule has 0 aliphatic rings. The van der Waals surface area contributed by atoms with Crippen LogP contribution in [0.1, 0.15) is 51.0 Å². The number of halogens is 1. The smallest absolute Gasteiger partial charge is 0.140 e. The normalized spacial score (nSPS) is 11.8. The van der Waals surface area contributed by atoms with Gasteiger partial charge in [-0.1, -0.05) is 51.2 Å². The van der Waals surface area contributed by atoms with Gasteiger partial charge in [-0.15, -0.1) is 32.9 Å². The molecule has 0 spiro atoms. The molecule has 5 heteroatoms. The molecule has 0 saturated carbocycles. The van der Waals surface area contributed by atoms with Gasteiger partial charge in [0.1, 0.15) is 5.00 Å². The zero-order chi connectivity index (χ0) is 17.5. The van der Waals surface area contributed by atoms with Crippen LogP contribution in [0.25, 0.3) is 9.40 Å². The van der Waals surface area contributed by atoms with Crippen LogP contribution in [-0.4, -0.2) is 0 Å². The number of aryl methyl sites for hydroxylation is 1. The molecule has 25 heavy (non-hydrogen) atoms. The van der Waals surface area contributed by atoms with Crippen LogP contribution in [0.5, 0.6) is 0 Å². The summed E-state index contributed by atoms with van der Waals surface area (Å²) in [5.41, 5.74) is 2.32. The molecule has 2 nitrogen and oxygen atoms in total. The van der Waals surface area contributed by atoms with Crippen LogP contribution in [0.15, 0.2) is 50.4 Å². The molecule has 0 atom stereocenters. The topological polar surface area (TPSA) is 24.7 Å². The van der Waals surface area contributed by atoms with Crippen LogP contribution in [0.2, 0.25) is 0 Å². The fourth-order valence-corrected chi connectivity index (χ4v) is 5.63. The highest BCUT2D eigenvalue weighted by Gasteiger charge is 2.04. The summed E-state index contributed by atoms with van der Waals surface area (Å²) < 4.78 is 3.69. The minimum absolute atomic E-state index is 0.921. The Hall–Kier alpha value is -1.04. The summed E-state index contributed by atoms with van der Waals surface area (Å²) in [6.45, 7) is 2.26. The lowest BCUT2D eigenvalue weighted by atomic mass is 10.0. The fraction of sp³-hybridized carbons (Fsp3) is 0.400. The van der Waals surface area contributed by atoms with E-state index in [0.717, 1.165) is 14.5 Å². The van der Waals surface area contributed by atoms with E-state index < -0.39 is 0 Å². The van der Waals surface area contributed by atoms with Gasteiger partial charge in [-0.25, -0.2) is 0 Å². The summed E-state index contributed by atoms with van der Waals surface area (Å²) in [6, 6.07) is 12.8. The Labute approximate surface area is 166 Å². The minimum atomic E-state index is 0.921. The maximum Gasteiger partial charge on any atom is 0.140 e. The number of benzene rings is 1. The first-order chi connectivity index (χ1) is 12.2. The van der Waals surface area contributed by atoms with E-state index in [4.69, 9.17) is 0 Å². The molecule has 0 amide bonds. The van der Waals surface area contributed by atoms with Crippen LogP contribution in [0.3, 0.4) is 0 Å². The third-order valence-corrected chi connectivity index (χ3v) is 6.86. The average molecular weight is 435 g/mol. The van der Waals surface area contributed by atoms with Gasteiger partial charge in [0.15, 0.2) is 0 Å². The van der Waals surface area contributed by atoms with Gasteiger partial charge in [-0.3, -0.25) is 0 Å². The number of rotatable bonds is 9. The molecular formula is C20H23BrN2S2. The van der Waals surface area contributed by atoms with E-state index in [1.54, 1.807) is 22.7 Å². The Morgan fingerprint density at radius 2 is 1.56 bits per heavy atom. The predicted octanol–water partition coefficient (Wildman–Crippen LogP) is 9.04. The Morgan fingerprint density at radius 1 is 0.840 bits per heavy atom. The third-order valence-electron chi connectivity index (χ3n) is 4.18. The molecule has 132 valence electrons. The number of hydrogen-bond donors (Lipinski definition) is 0. The summed E-state index contributed by atoms with van der Waals surface area (Å²) in [5.74, 6) is 0. The van der Waals surface area contributed by atoms with Gasteiger partial charge >= 0.3 is 0 Å². The third kappa shape index (κ3) is 5.73. The second-order valence-electron chi connectivity index (χ2n) is 6.25. The highest BCUT2D eigenvalue weighted by Crippen LogP contribution is 2.39. The number of azo groups is 1. The fourth-order valence-electron chi connectivity index (χ4n) is 2.79. The number of nitrogens with zero attached hydrogens (tertiary/aromatic N) is 2. The van der Waals surface area contributed by atoms with Gasteiger partial charge in [0.05, 0.1) is 9.47 Å². The summed E-state index contributed by atoms with van der Waals surface area (Å²) >= 11 is 6.93. The van der Waals surface area contributed by atoms with Crippen LogP contribution in [0.4, 0.5) is 10.7 Å². The second-order valence-corrected chi connectivity index (χ2v) is 9.77. The summed E-state index contributed by atoms with van der Waals surface area (Å²) in [6.07, 6.45) is 9.23. The largest absolute Gasteiger partial charge is 0.150 e. The molecular weight excluding hydrogens is 412 g/mol.